The monoisotopic (exact) mass is 294 g/mol. The summed E-state index contributed by atoms with van der Waals surface area (Å²) in [6, 6.07) is 5.67. The van der Waals surface area contributed by atoms with E-state index in [1.807, 2.05) is 18.2 Å². The lowest BCUT2D eigenvalue weighted by molar-refractivity contribution is 0.276. The van der Waals surface area contributed by atoms with Gasteiger partial charge in [0.25, 0.3) is 0 Å². The van der Waals surface area contributed by atoms with Gasteiger partial charge in [0.2, 0.25) is 0 Å². The summed E-state index contributed by atoms with van der Waals surface area (Å²) in [7, 11) is 3.29. The highest BCUT2D eigenvalue weighted by molar-refractivity contribution is 7.80. The maximum atomic E-state index is 5.51. The fourth-order valence-corrected chi connectivity index (χ4v) is 2.75. The molecule has 2 rings (SSSR count). The number of nitrogens with one attached hydrogen (secondary N) is 1. The standard InChI is InChI=1S/C15H22N2O2S/c1-11-5-4-8-17(10-11)15(20)16-13-7-6-12(18-2)9-14(13)19-3/h6-7,9,11H,4-5,8,10H2,1-3H3,(H,16,20)/t11-/m0/s1. The SMILES string of the molecule is COc1ccc(NC(=S)N2CCC[C@H](C)C2)c(OC)c1. The van der Waals surface area contributed by atoms with Crippen molar-refractivity contribution in [2.75, 3.05) is 32.6 Å². The van der Waals surface area contributed by atoms with Crippen LogP contribution in [-0.4, -0.2) is 37.3 Å². The molecule has 0 spiro atoms. The van der Waals surface area contributed by atoms with E-state index in [-0.39, 0.29) is 0 Å². The summed E-state index contributed by atoms with van der Waals surface area (Å²) in [5.41, 5.74) is 0.872. The lowest BCUT2D eigenvalue weighted by atomic mass is 10.0. The molecule has 1 aromatic carbocycles. The van der Waals surface area contributed by atoms with Crippen molar-refractivity contribution in [2.45, 2.75) is 19.8 Å². The third-order valence-electron chi connectivity index (χ3n) is 3.59. The first-order chi connectivity index (χ1) is 9.63. The first kappa shape index (κ1) is 14.9. The van der Waals surface area contributed by atoms with E-state index in [9.17, 15) is 0 Å². The number of piperidine rings is 1. The molecule has 0 unspecified atom stereocenters. The third-order valence-corrected chi connectivity index (χ3v) is 3.95. The van der Waals surface area contributed by atoms with Crippen LogP contribution in [0.2, 0.25) is 0 Å². The largest absolute Gasteiger partial charge is 0.497 e. The van der Waals surface area contributed by atoms with Crippen LogP contribution in [0.5, 0.6) is 11.5 Å². The highest BCUT2D eigenvalue weighted by Crippen LogP contribution is 2.29. The highest BCUT2D eigenvalue weighted by Gasteiger charge is 2.19. The summed E-state index contributed by atoms with van der Waals surface area (Å²) in [5.74, 6) is 2.20. The second-order valence-electron chi connectivity index (χ2n) is 5.19. The normalized spacial score (nSPS) is 18.6. The summed E-state index contributed by atoms with van der Waals surface area (Å²) >= 11 is 5.51. The minimum atomic E-state index is 0.696. The zero-order chi connectivity index (χ0) is 14.5. The molecule has 1 fully saturated rings. The van der Waals surface area contributed by atoms with E-state index < -0.39 is 0 Å². The average Bonchev–Trinajstić information content (AvgIpc) is 2.47. The molecule has 5 heteroatoms. The van der Waals surface area contributed by atoms with Gasteiger partial charge in [-0.05, 0) is 43.1 Å². The van der Waals surface area contributed by atoms with E-state index in [0.717, 1.165) is 35.4 Å². The van der Waals surface area contributed by atoms with Gasteiger partial charge in [-0.2, -0.15) is 0 Å². The minimum Gasteiger partial charge on any atom is -0.497 e. The van der Waals surface area contributed by atoms with Crippen molar-refractivity contribution in [3.05, 3.63) is 18.2 Å². The predicted octanol–water partition coefficient (Wildman–Crippen LogP) is 3.13. The quantitative estimate of drug-likeness (QED) is 0.866. The van der Waals surface area contributed by atoms with E-state index >= 15 is 0 Å². The van der Waals surface area contributed by atoms with Gasteiger partial charge in [0.05, 0.1) is 19.9 Å². The fourth-order valence-electron chi connectivity index (χ4n) is 2.47. The van der Waals surface area contributed by atoms with Crippen LogP contribution in [-0.2, 0) is 0 Å². The van der Waals surface area contributed by atoms with Gasteiger partial charge in [0, 0.05) is 19.2 Å². The lowest BCUT2D eigenvalue weighted by Crippen LogP contribution is -2.41. The Bertz CT molecular complexity index is 479. The van der Waals surface area contributed by atoms with Crippen LogP contribution in [0.25, 0.3) is 0 Å². The molecule has 0 aromatic heterocycles. The molecule has 0 saturated carbocycles. The van der Waals surface area contributed by atoms with E-state index in [2.05, 4.69) is 17.1 Å². The molecule has 0 radical (unpaired) electrons. The van der Waals surface area contributed by atoms with Gasteiger partial charge in [-0.25, -0.2) is 0 Å². The molecule has 1 aromatic rings. The van der Waals surface area contributed by atoms with Crippen molar-refractivity contribution in [1.82, 2.24) is 4.90 Å². The molecule has 1 heterocycles. The van der Waals surface area contributed by atoms with Crippen LogP contribution in [0.3, 0.4) is 0 Å². The number of ether oxygens (including phenoxy) is 2. The summed E-state index contributed by atoms with van der Waals surface area (Å²) in [5, 5.41) is 4.04. The Hall–Kier alpha value is -1.49. The Balaban J connectivity index is 2.07. The Kier molecular flexibility index (Phi) is 5.06. The maximum Gasteiger partial charge on any atom is 0.173 e. The van der Waals surface area contributed by atoms with Crippen LogP contribution in [0, 0.1) is 5.92 Å². The van der Waals surface area contributed by atoms with Crippen LogP contribution in [0.4, 0.5) is 5.69 Å². The van der Waals surface area contributed by atoms with E-state index in [4.69, 9.17) is 21.7 Å². The van der Waals surface area contributed by atoms with Crippen molar-refractivity contribution in [3.8, 4) is 11.5 Å². The molecule has 1 aliphatic rings. The van der Waals surface area contributed by atoms with Crippen LogP contribution in [0.15, 0.2) is 18.2 Å². The molecule has 110 valence electrons. The summed E-state index contributed by atoms with van der Waals surface area (Å²) in [6.07, 6.45) is 2.48. The Labute approximate surface area is 126 Å². The molecule has 20 heavy (non-hydrogen) atoms. The zero-order valence-electron chi connectivity index (χ0n) is 12.3. The molecule has 1 atom stereocenters. The Morgan fingerprint density at radius 1 is 1.35 bits per heavy atom. The second-order valence-corrected chi connectivity index (χ2v) is 5.58. The highest BCUT2D eigenvalue weighted by atomic mass is 32.1. The Morgan fingerprint density at radius 3 is 2.80 bits per heavy atom. The van der Waals surface area contributed by atoms with Crippen molar-refractivity contribution >= 4 is 23.0 Å². The number of anilines is 1. The topological polar surface area (TPSA) is 33.7 Å². The molecular weight excluding hydrogens is 272 g/mol. The van der Waals surface area contributed by atoms with E-state index in [1.165, 1.54) is 12.8 Å². The third kappa shape index (κ3) is 3.54. The van der Waals surface area contributed by atoms with Crippen LogP contribution < -0.4 is 14.8 Å². The maximum absolute atomic E-state index is 5.51. The average molecular weight is 294 g/mol. The van der Waals surface area contributed by atoms with E-state index in [1.54, 1.807) is 14.2 Å². The summed E-state index contributed by atoms with van der Waals surface area (Å²) in [6.45, 7) is 4.31. The molecule has 0 aliphatic carbocycles. The van der Waals surface area contributed by atoms with Gasteiger partial charge in [-0.3, -0.25) is 0 Å². The number of likely N-dealkylation sites (tertiary alicyclic amines) is 1. The van der Waals surface area contributed by atoms with Crippen LogP contribution >= 0.6 is 12.2 Å². The van der Waals surface area contributed by atoms with Gasteiger partial charge in [-0.1, -0.05) is 6.92 Å². The van der Waals surface area contributed by atoms with Gasteiger partial charge in [0.15, 0.2) is 5.11 Å². The number of hydrogen-bond acceptors (Lipinski definition) is 3. The molecule has 1 saturated heterocycles. The minimum absolute atomic E-state index is 0.696. The number of nitrogens with zero attached hydrogens (tertiary/aromatic N) is 1. The van der Waals surface area contributed by atoms with Gasteiger partial charge in [0.1, 0.15) is 11.5 Å². The smallest absolute Gasteiger partial charge is 0.173 e. The van der Waals surface area contributed by atoms with Crippen molar-refractivity contribution in [3.63, 3.8) is 0 Å². The van der Waals surface area contributed by atoms with Crippen LogP contribution in [0.1, 0.15) is 19.8 Å². The van der Waals surface area contributed by atoms with Gasteiger partial charge in [-0.15, -0.1) is 0 Å². The number of benzene rings is 1. The Morgan fingerprint density at radius 2 is 2.15 bits per heavy atom. The predicted molar refractivity (Wildman–Crippen MR) is 85.7 cm³/mol. The van der Waals surface area contributed by atoms with E-state index in [0.29, 0.717) is 5.92 Å². The van der Waals surface area contributed by atoms with Gasteiger partial charge >= 0.3 is 0 Å². The lowest BCUT2D eigenvalue weighted by Gasteiger charge is -2.33. The molecular formula is C15H22N2O2S. The van der Waals surface area contributed by atoms with Crippen molar-refractivity contribution < 1.29 is 9.47 Å². The molecule has 0 amide bonds. The number of rotatable bonds is 3. The molecule has 1 N–H and O–H groups in total. The number of thiocarbonyl (C=S) groups is 1. The first-order valence-corrected chi connectivity index (χ1v) is 7.33. The van der Waals surface area contributed by atoms with Gasteiger partial charge < -0.3 is 19.7 Å². The fraction of sp³-hybridized carbons (Fsp3) is 0.533. The van der Waals surface area contributed by atoms with Crippen molar-refractivity contribution in [1.29, 1.82) is 0 Å². The molecule has 1 aliphatic heterocycles. The second kappa shape index (κ2) is 6.79. The number of hydrogen-bond donors (Lipinski definition) is 1. The number of methoxy groups -OCH3 is 2. The summed E-state index contributed by atoms with van der Waals surface area (Å²) in [4.78, 5) is 2.23. The summed E-state index contributed by atoms with van der Waals surface area (Å²) < 4.78 is 10.6. The first-order valence-electron chi connectivity index (χ1n) is 6.92. The zero-order valence-corrected chi connectivity index (χ0v) is 13.1. The molecule has 0 bridgehead atoms. The molecule has 4 nitrogen and oxygen atoms in total. The van der Waals surface area contributed by atoms with Crippen molar-refractivity contribution in [2.24, 2.45) is 5.92 Å².